The largest absolute Gasteiger partial charge is 0.493 e. The molecular formula is C17H25N3O5. The molecule has 0 bridgehead atoms. The van der Waals surface area contributed by atoms with Crippen molar-refractivity contribution in [3.05, 3.63) is 17.7 Å². The molecule has 1 aromatic rings. The summed E-state index contributed by atoms with van der Waals surface area (Å²) in [6.07, 6.45) is 0. The highest BCUT2D eigenvalue weighted by atomic mass is 16.5. The molecule has 138 valence electrons. The van der Waals surface area contributed by atoms with E-state index in [1.54, 1.807) is 36.0 Å². The number of benzene rings is 1. The van der Waals surface area contributed by atoms with Crippen molar-refractivity contribution in [1.29, 1.82) is 0 Å². The van der Waals surface area contributed by atoms with E-state index in [1.807, 2.05) is 0 Å². The third-order valence-corrected chi connectivity index (χ3v) is 4.13. The van der Waals surface area contributed by atoms with Gasteiger partial charge in [0.15, 0.2) is 11.5 Å². The van der Waals surface area contributed by atoms with Gasteiger partial charge in [-0.3, -0.25) is 4.79 Å². The van der Waals surface area contributed by atoms with Gasteiger partial charge < -0.3 is 28.9 Å². The second kappa shape index (κ2) is 7.96. The Kier molecular flexibility index (Phi) is 5.95. The van der Waals surface area contributed by atoms with Gasteiger partial charge in [-0.1, -0.05) is 0 Å². The minimum Gasteiger partial charge on any atom is -0.493 e. The number of urea groups is 1. The Hall–Kier alpha value is -2.64. The predicted molar refractivity (Wildman–Crippen MR) is 92.7 cm³/mol. The quantitative estimate of drug-likeness (QED) is 0.814. The molecule has 0 spiro atoms. The number of rotatable bonds is 4. The van der Waals surface area contributed by atoms with Crippen molar-refractivity contribution in [2.45, 2.75) is 0 Å². The van der Waals surface area contributed by atoms with Crippen LogP contribution in [0, 0.1) is 0 Å². The highest BCUT2D eigenvalue weighted by Crippen LogP contribution is 2.38. The van der Waals surface area contributed by atoms with Crippen LogP contribution in [0.25, 0.3) is 0 Å². The molecule has 0 N–H and O–H groups in total. The van der Waals surface area contributed by atoms with Gasteiger partial charge in [0.1, 0.15) is 0 Å². The van der Waals surface area contributed by atoms with E-state index in [2.05, 4.69) is 0 Å². The van der Waals surface area contributed by atoms with Crippen molar-refractivity contribution in [2.24, 2.45) is 0 Å². The maximum absolute atomic E-state index is 12.8. The van der Waals surface area contributed by atoms with Gasteiger partial charge in [0, 0.05) is 45.8 Å². The summed E-state index contributed by atoms with van der Waals surface area (Å²) in [5.74, 6) is 1.19. The fourth-order valence-corrected chi connectivity index (χ4v) is 2.77. The summed E-state index contributed by atoms with van der Waals surface area (Å²) in [4.78, 5) is 29.8. The van der Waals surface area contributed by atoms with Crippen molar-refractivity contribution >= 4 is 11.9 Å². The van der Waals surface area contributed by atoms with Crippen LogP contribution in [0.5, 0.6) is 17.2 Å². The lowest BCUT2D eigenvalue weighted by atomic mass is 10.1. The van der Waals surface area contributed by atoms with Gasteiger partial charge in [0.05, 0.1) is 21.3 Å². The number of ether oxygens (including phenoxy) is 3. The number of methoxy groups -OCH3 is 3. The third-order valence-electron chi connectivity index (χ3n) is 4.13. The van der Waals surface area contributed by atoms with Crippen LogP contribution in [0.1, 0.15) is 10.4 Å². The number of hydrogen-bond donors (Lipinski definition) is 0. The van der Waals surface area contributed by atoms with Crippen LogP contribution < -0.4 is 14.2 Å². The van der Waals surface area contributed by atoms with Crippen molar-refractivity contribution in [3.63, 3.8) is 0 Å². The number of carbonyl (C=O) groups is 2. The van der Waals surface area contributed by atoms with Crippen molar-refractivity contribution < 1.29 is 23.8 Å². The molecule has 0 atom stereocenters. The molecule has 25 heavy (non-hydrogen) atoms. The molecule has 1 saturated heterocycles. The zero-order valence-corrected chi connectivity index (χ0v) is 15.4. The summed E-state index contributed by atoms with van der Waals surface area (Å²) in [7, 11) is 7.97. The number of carbonyl (C=O) groups excluding carboxylic acids is 2. The first-order chi connectivity index (χ1) is 11.9. The molecule has 0 aromatic heterocycles. The monoisotopic (exact) mass is 351 g/mol. The Morgan fingerprint density at radius 1 is 0.880 bits per heavy atom. The molecule has 1 fully saturated rings. The number of piperazine rings is 1. The molecule has 3 amide bonds. The van der Waals surface area contributed by atoms with E-state index < -0.39 is 0 Å². The van der Waals surface area contributed by atoms with E-state index in [4.69, 9.17) is 14.2 Å². The van der Waals surface area contributed by atoms with Crippen molar-refractivity contribution in [2.75, 3.05) is 61.6 Å². The molecule has 0 unspecified atom stereocenters. The molecule has 1 heterocycles. The molecule has 1 aliphatic rings. The van der Waals surface area contributed by atoms with E-state index in [9.17, 15) is 9.59 Å². The summed E-state index contributed by atoms with van der Waals surface area (Å²) in [6.45, 7) is 1.98. The molecule has 0 aliphatic carbocycles. The first kappa shape index (κ1) is 18.7. The van der Waals surface area contributed by atoms with Crippen molar-refractivity contribution in [1.82, 2.24) is 14.7 Å². The van der Waals surface area contributed by atoms with Crippen LogP contribution in [0.2, 0.25) is 0 Å². The van der Waals surface area contributed by atoms with E-state index in [1.165, 1.54) is 26.2 Å². The van der Waals surface area contributed by atoms with Gasteiger partial charge in [0.2, 0.25) is 5.75 Å². The third kappa shape index (κ3) is 3.89. The van der Waals surface area contributed by atoms with Crippen LogP contribution in [-0.2, 0) is 0 Å². The Bertz CT molecular complexity index is 614. The van der Waals surface area contributed by atoms with Crippen LogP contribution in [0.3, 0.4) is 0 Å². The number of hydrogen-bond acceptors (Lipinski definition) is 5. The van der Waals surface area contributed by atoms with E-state index in [-0.39, 0.29) is 11.9 Å². The molecule has 1 aliphatic heterocycles. The summed E-state index contributed by atoms with van der Waals surface area (Å²) >= 11 is 0. The van der Waals surface area contributed by atoms with E-state index >= 15 is 0 Å². The van der Waals surface area contributed by atoms with E-state index in [0.717, 1.165) is 0 Å². The van der Waals surface area contributed by atoms with Crippen LogP contribution in [0.4, 0.5) is 4.79 Å². The topological polar surface area (TPSA) is 71.6 Å². The van der Waals surface area contributed by atoms with Gasteiger partial charge in [-0.05, 0) is 12.1 Å². The van der Waals surface area contributed by atoms with Crippen LogP contribution in [0.15, 0.2) is 12.1 Å². The average Bonchev–Trinajstić information content (AvgIpc) is 2.65. The minimum atomic E-state index is -0.129. The highest BCUT2D eigenvalue weighted by molar-refractivity contribution is 5.96. The minimum absolute atomic E-state index is 0.0418. The molecule has 0 radical (unpaired) electrons. The lowest BCUT2D eigenvalue weighted by Gasteiger charge is -2.36. The Morgan fingerprint density at radius 3 is 1.76 bits per heavy atom. The zero-order valence-electron chi connectivity index (χ0n) is 15.4. The zero-order chi connectivity index (χ0) is 18.6. The molecule has 8 nitrogen and oxygen atoms in total. The fraction of sp³-hybridized carbons (Fsp3) is 0.529. The van der Waals surface area contributed by atoms with Crippen LogP contribution in [-0.4, -0.2) is 88.2 Å². The molecule has 2 rings (SSSR count). The lowest BCUT2D eigenvalue weighted by Crippen LogP contribution is -2.52. The SMILES string of the molecule is COc1cc(C(=O)N2CCN(C(=O)N(C)C)CC2)cc(OC)c1OC. The van der Waals surface area contributed by atoms with Gasteiger partial charge in [-0.2, -0.15) is 0 Å². The molecular weight excluding hydrogens is 326 g/mol. The first-order valence-corrected chi connectivity index (χ1v) is 7.98. The predicted octanol–water partition coefficient (Wildman–Crippen LogP) is 1.15. The van der Waals surface area contributed by atoms with Gasteiger partial charge in [0.25, 0.3) is 5.91 Å². The van der Waals surface area contributed by atoms with E-state index in [0.29, 0.717) is 49.0 Å². The first-order valence-electron chi connectivity index (χ1n) is 7.98. The van der Waals surface area contributed by atoms with Crippen LogP contribution >= 0.6 is 0 Å². The standard InChI is InChI=1S/C17H25N3O5/c1-18(2)17(22)20-8-6-19(7-9-20)16(21)12-10-13(23-3)15(25-5)14(11-12)24-4/h10-11H,6-9H2,1-5H3. The normalized spacial score (nSPS) is 14.1. The maximum Gasteiger partial charge on any atom is 0.319 e. The molecule has 1 aromatic carbocycles. The number of amides is 3. The second-order valence-corrected chi connectivity index (χ2v) is 5.87. The molecule has 0 saturated carbocycles. The summed E-state index contributed by atoms with van der Waals surface area (Å²) in [6, 6.07) is 3.24. The Morgan fingerprint density at radius 2 is 1.36 bits per heavy atom. The van der Waals surface area contributed by atoms with Gasteiger partial charge in [-0.25, -0.2) is 4.79 Å². The second-order valence-electron chi connectivity index (χ2n) is 5.87. The Balaban J connectivity index is 2.15. The van der Waals surface area contributed by atoms with Gasteiger partial charge in [-0.15, -0.1) is 0 Å². The lowest BCUT2D eigenvalue weighted by molar-refractivity contribution is 0.0649. The Labute approximate surface area is 147 Å². The average molecular weight is 351 g/mol. The smallest absolute Gasteiger partial charge is 0.319 e. The fourth-order valence-electron chi connectivity index (χ4n) is 2.77. The highest BCUT2D eigenvalue weighted by Gasteiger charge is 2.27. The maximum atomic E-state index is 12.8. The molecule has 8 heteroatoms. The summed E-state index contributed by atoms with van der Waals surface area (Å²) in [5.41, 5.74) is 0.460. The summed E-state index contributed by atoms with van der Waals surface area (Å²) < 4.78 is 15.9. The number of nitrogens with zero attached hydrogens (tertiary/aromatic N) is 3. The van der Waals surface area contributed by atoms with Crippen molar-refractivity contribution in [3.8, 4) is 17.2 Å². The van der Waals surface area contributed by atoms with Gasteiger partial charge >= 0.3 is 6.03 Å². The summed E-state index contributed by atoms with van der Waals surface area (Å²) in [5, 5.41) is 0.